The summed E-state index contributed by atoms with van der Waals surface area (Å²) >= 11 is 0. The van der Waals surface area contributed by atoms with Crippen molar-refractivity contribution in [2.45, 2.75) is 20.8 Å². The van der Waals surface area contributed by atoms with Gasteiger partial charge in [-0.25, -0.2) is 9.18 Å². The highest BCUT2D eigenvalue weighted by molar-refractivity contribution is 5.93. The molecular formula is C25H26FN5O3. The number of anilines is 3. The second kappa shape index (κ2) is 8.66. The molecule has 2 aromatic heterocycles. The minimum absolute atomic E-state index is 0.102. The van der Waals surface area contributed by atoms with Crippen molar-refractivity contribution in [1.29, 1.82) is 0 Å². The lowest BCUT2D eigenvalue weighted by atomic mass is 10.1. The summed E-state index contributed by atoms with van der Waals surface area (Å²) in [6, 6.07) is 11.8. The monoisotopic (exact) mass is 463 g/mol. The van der Waals surface area contributed by atoms with Crippen LogP contribution in [0.2, 0.25) is 0 Å². The Bertz CT molecular complexity index is 1610. The van der Waals surface area contributed by atoms with E-state index in [-0.39, 0.29) is 28.0 Å². The van der Waals surface area contributed by atoms with Crippen molar-refractivity contribution in [2.24, 2.45) is 14.1 Å². The molecule has 0 aliphatic rings. The third-order valence-electron chi connectivity index (χ3n) is 5.87. The molecule has 0 aliphatic heterocycles. The minimum Gasteiger partial charge on any atom is -0.385 e. The maximum Gasteiger partial charge on any atom is 0.335 e. The smallest absolute Gasteiger partial charge is 0.335 e. The quantitative estimate of drug-likeness (QED) is 0.474. The zero-order chi connectivity index (χ0) is 24.7. The summed E-state index contributed by atoms with van der Waals surface area (Å²) in [6.07, 6.45) is 0. The highest BCUT2D eigenvalue weighted by Gasteiger charge is 2.22. The van der Waals surface area contributed by atoms with Crippen LogP contribution in [0.15, 0.2) is 56.8 Å². The Morgan fingerprint density at radius 2 is 1.68 bits per heavy atom. The van der Waals surface area contributed by atoms with Gasteiger partial charge in [0.25, 0.3) is 11.1 Å². The molecule has 0 fully saturated rings. The highest BCUT2D eigenvalue weighted by atomic mass is 19.1. The predicted molar refractivity (Wildman–Crippen MR) is 133 cm³/mol. The maximum absolute atomic E-state index is 14.7. The first-order valence-electron chi connectivity index (χ1n) is 10.9. The number of aromatic nitrogens is 3. The van der Waals surface area contributed by atoms with Gasteiger partial charge >= 0.3 is 5.69 Å². The molecule has 0 amide bonds. The van der Waals surface area contributed by atoms with Gasteiger partial charge in [0.1, 0.15) is 17.0 Å². The first-order valence-corrected chi connectivity index (χ1v) is 10.9. The Morgan fingerprint density at radius 3 is 2.35 bits per heavy atom. The zero-order valence-electron chi connectivity index (χ0n) is 19.7. The van der Waals surface area contributed by atoms with Crippen LogP contribution < -0.4 is 27.4 Å². The topological polar surface area (TPSA) is 90.1 Å². The van der Waals surface area contributed by atoms with E-state index >= 15 is 0 Å². The van der Waals surface area contributed by atoms with Crippen molar-refractivity contribution < 1.29 is 4.39 Å². The summed E-state index contributed by atoms with van der Waals surface area (Å²) in [5.41, 5.74) is 0.949. The number of rotatable bonds is 5. The SMILES string of the molecule is CCNc1cccc(-n2c(=O)n(C)c(=O)c3c(Nc4ccc(C)cc4F)n(C)c(=O)c(C)c32)c1. The summed E-state index contributed by atoms with van der Waals surface area (Å²) in [4.78, 5) is 39.8. The molecule has 0 unspecified atom stereocenters. The molecule has 0 spiro atoms. The molecule has 2 heterocycles. The van der Waals surface area contributed by atoms with Crippen molar-refractivity contribution in [3.63, 3.8) is 0 Å². The molecule has 8 nitrogen and oxygen atoms in total. The van der Waals surface area contributed by atoms with Gasteiger partial charge < -0.3 is 10.6 Å². The number of nitrogens with zero attached hydrogens (tertiary/aromatic N) is 3. The summed E-state index contributed by atoms with van der Waals surface area (Å²) in [5.74, 6) is -0.421. The van der Waals surface area contributed by atoms with Crippen LogP contribution >= 0.6 is 0 Å². The van der Waals surface area contributed by atoms with Gasteiger partial charge in [-0.05, 0) is 56.7 Å². The van der Waals surface area contributed by atoms with Crippen LogP contribution in [0.3, 0.4) is 0 Å². The molecule has 0 saturated carbocycles. The van der Waals surface area contributed by atoms with Gasteiger partial charge in [-0.15, -0.1) is 0 Å². The van der Waals surface area contributed by atoms with Crippen molar-refractivity contribution in [3.05, 3.63) is 90.6 Å². The van der Waals surface area contributed by atoms with Gasteiger partial charge in [-0.2, -0.15) is 0 Å². The molecule has 2 aromatic carbocycles. The first-order chi connectivity index (χ1) is 16.1. The molecule has 176 valence electrons. The average Bonchev–Trinajstić information content (AvgIpc) is 2.81. The summed E-state index contributed by atoms with van der Waals surface area (Å²) < 4.78 is 18.3. The van der Waals surface area contributed by atoms with E-state index in [0.29, 0.717) is 12.2 Å². The molecule has 0 atom stereocenters. The third kappa shape index (κ3) is 3.68. The number of fused-ring (bicyclic) bond motifs is 1. The van der Waals surface area contributed by atoms with Crippen LogP contribution in [0.4, 0.5) is 21.6 Å². The van der Waals surface area contributed by atoms with Gasteiger partial charge in [0.2, 0.25) is 0 Å². The van der Waals surface area contributed by atoms with Gasteiger partial charge in [0, 0.05) is 31.9 Å². The Kier molecular flexibility index (Phi) is 5.87. The number of aryl methyl sites for hydroxylation is 2. The molecule has 9 heteroatoms. The van der Waals surface area contributed by atoms with Gasteiger partial charge in [0.15, 0.2) is 0 Å². The molecule has 4 aromatic rings. The number of benzene rings is 2. The van der Waals surface area contributed by atoms with Gasteiger partial charge in [-0.3, -0.25) is 23.3 Å². The van der Waals surface area contributed by atoms with E-state index in [2.05, 4.69) is 10.6 Å². The van der Waals surface area contributed by atoms with E-state index in [4.69, 9.17) is 0 Å². The van der Waals surface area contributed by atoms with Crippen LogP contribution in [-0.4, -0.2) is 20.2 Å². The molecule has 0 aliphatic carbocycles. The van der Waals surface area contributed by atoms with E-state index in [1.54, 1.807) is 44.2 Å². The van der Waals surface area contributed by atoms with Gasteiger partial charge in [-0.1, -0.05) is 12.1 Å². The lowest BCUT2D eigenvalue weighted by molar-refractivity contribution is 0.630. The van der Waals surface area contributed by atoms with Crippen molar-refractivity contribution in [2.75, 3.05) is 17.2 Å². The Balaban J connectivity index is 2.14. The maximum atomic E-state index is 14.7. The van der Waals surface area contributed by atoms with E-state index in [0.717, 1.165) is 15.8 Å². The number of nitrogens with one attached hydrogen (secondary N) is 2. The molecule has 4 rings (SSSR count). The van der Waals surface area contributed by atoms with E-state index in [1.165, 1.54) is 29.3 Å². The van der Waals surface area contributed by atoms with Crippen molar-refractivity contribution >= 4 is 28.1 Å². The Labute approximate surface area is 194 Å². The lowest BCUT2D eigenvalue weighted by Gasteiger charge is -2.20. The first kappa shape index (κ1) is 23.0. The second-order valence-electron chi connectivity index (χ2n) is 8.23. The summed E-state index contributed by atoms with van der Waals surface area (Å²) in [6.45, 7) is 5.98. The zero-order valence-corrected chi connectivity index (χ0v) is 19.7. The van der Waals surface area contributed by atoms with Crippen LogP contribution in [0, 0.1) is 19.7 Å². The largest absolute Gasteiger partial charge is 0.385 e. The van der Waals surface area contributed by atoms with Crippen molar-refractivity contribution in [1.82, 2.24) is 13.7 Å². The highest BCUT2D eigenvalue weighted by Crippen LogP contribution is 2.27. The number of hydrogen-bond acceptors (Lipinski definition) is 5. The van der Waals surface area contributed by atoms with Crippen LogP contribution in [0.1, 0.15) is 18.1 Å². The Morgan fingerprint density at radius 1 is 0.941 bits per heavy atom. The summed E-state index contributed by atoms with van der Waals surface area (Å²) in [5, 5.41) is 6.23. The van der Waals surface area contributed by atoms with Crippen LogP contribution in [-0.2, 0) is 14.1 Å². The lowest BCUT2D eigenvalue weighted by Crippen LogP contribution is -2.40. The summed E-state index contributed by atoms with van der Waals surface area (Å²) in [7, 11) is 2.88. The molecular weight excluding hydrogens is 437 g/mol. The molecule has 2 N–H and O–H groups in total. The molecule has 0 bridgehead atoms. The van der Waals surface area contributed by atoms with E-state index in [1.807, 2.05) is 13.0 Å². The van der Waals surface area contributed by atoms with E-state index < -0.39 is 22.6 Å². The number of pyridine rings is 1. The van der Waals surface area contributed by atoms with Crippen LogP contribution in [0.5, 0.6) is 0 Å². The molecule has 0 saturated heterocycles. The second-order valence-corrected chi connectivity index (χ2v) is 8.23. The van der Waals surface area contributed by atoms with Crippen LogP contribution in [0.25, 0.3) is 16.6 Å². The number of halogens is 1. The fourth-order valence-corrected chi connectivity index (χ4v) is 4.10. The average molecular weight is 464 g/mol. The predicted octanol–water partition coefficient (Wildman–Crippen LogP) is 3.32. The van der Waals surface area contributed by atoms with Gasteiger partial charge in [0.05, 0.1) is 16.9 Å². The van der Waals surface area contributed by atoms with E-state index in [9.17, 15) is 18.8 Å². The number of hydrogen-bond donors (Lipinski definition) is 2. The normalized spacial score (nSPS) is 11.1. The fourth-order valence-electron chi connectivity index (χ4n) is 4.10. The fraction of sp³-hybridized carbons (Fsp3) is 0.240. The van der Waals surface area contributed by atoms with Crippen molar-refractivity contribution in [3.8, 4) is 5.69 Å². The molecule has 0 radical (unpaired) electrons. The molecule has 34 heavy (non-hydrogen) atoms. The minimum atomic E-state index is -0.590. The Hall–Kier alpha value is -4.14. The standard InChI is InChI=1S/C25H26FN5O3/c1-6-27-16-8-7-9-17(13-16)31-21-15(3)23(32)29(4)22(20(21)24(33)30(5)25(31)34)28-19-11-10-14(2)12-18(19)26/h7-13,27-28H,6H2,1-5H3. The third-order valence-corrected chi connectivity index (χ3v) is 5.87.